The average Bonchev–Trinajstić information content (AvgIpc) is 3.43. The van der Waals surface area contributed by atoms with E-state index in [0.29, 0.717) is 37.6 Å². The van der Waals surface area contributed by atoms with E-state index in [4.69, 9.17) is 4.74 Å². The highest BCUT2D eigenvalue weighted by Gasteiger charge is 2.58. The zero-order valence-electron chi connectivity index (χ0n) is 20.6. The molecule has 5 aliphatic rings. The zero-order valence-corrected chi connectivity index (χ0v) is 21.5. The van der Waals surface area contributed by atoms with E-state index in [1.54, 1.807) is 17.4 Å². The summed E-state index contributed by atoms with van der Waals surface area (Å²) in [6, 6.07) is -0.0329. The number of ether oxygens (including phenoxy) is 1. The standard InChI is InChI=1S/C26H36FN5O3S/c27-19-14-17-23-25(22(19)29-6-3-8-30-9-7-28-16-30)36-21-5-2-1-4-20(21)32(23)15-18(24(17)33)26(34)31-10-12-35-13-11-31/h7,9,15-17,19-23,25,29H,1-6,8,10-14H2. The normalized spacial score (nSPS) is 36.2. The van der Waals surface area contributed by atoms with Gasteiger partial charge in [0.25, 0.3) is 5.91 Å². The van der Waals surface area contributed by atoms with Gasteiger partial charge in [0.1, 0.15) is 6.17 Å². The quantitative estimate of drug-likeness (QED) is 0.457. The molecule has 0 aromatic carbocycles. The number of alkyl halides is 1. The van der Waals surface area contributed by atoms with Crippen molar-refractivity contribution >= 4 is 23.5 Å². The number of morpholine rings is 1. The molecule has 8 nitrogen and oxygen atoms in total. The van der Waals surface area contributed by atoms with Crippen molar-refractivity contribution in [2.45, 2.75) is 79.9 Å². The van der Waals surface area contributed by atoms with Gasteiger partial charge in [-0.1, -0.05) is 12.8 Å². The molecule has 1 aromatic heterocycles. The fourth-order valence-electron chi connectivity index (χ4n) is 6.87. The third-order valence-electron chi connectivity index (χ3n) is 8.64. The van der Waals surface area contributed by atoms with E-state index in [1.165, 1.54) is 6.42 Å². The Bertz CT molecular complexity index is 984. The fraction of sp³-hybridized carbons (Fsp3) is 0.731. The monoisotopic (exact) mass is 517 g/mol. The Balaban J connectivity index is 1.24. The van der Waals surface area contributed by atoms with Crippen molar-refractivity contribution < 1.29 is 18.7 Å². The summed E-state index contributed by atoms with van der Waals surface area (Å²) in [5.74, 6) is -0.831. The second-order valence-corrected chi connectivity index (χ2v) is 12.2. The van der Waals surface area contributed by atoms with Gasteiger partial charge in [-0.2, -0.15) is 0 Å². The maximum absolute atomic E-state index is 15.8. The molecule has 7 atom stereocenters. The van der Waals surface area contributed by atoms with Crippen molar-refractivity contribution in [2.24, 2.45) is 5.92 Å². The Hall–Kier alpha value is -1.91. The lowest BCUT2D eigenvalue weighted by molar-refractivity contribution is -0.136. The topological polar surface area (TPSA) is 79.7 Å². The molecule has 196 valence electrons. The number of imidazole rings is 1. The molecular weight excluding hydrogens is 481 g/mol. The SMILES string of the molecule is O=C1C(C(=O)N2CCOCC2)=CN2C3CCCCC3SC3C(NCCCn4ccnc4)C(F)CC1C32. The molecule has 10 heteroatoms. The van der Waals surface area contributed by atoms with Gasteiger partial charge in [-0.05, 0) is 32.2 Å². The molecule has 0 spiro atoms. The molecule has 4 heterocycles. The van der Waals surface area contributed by atoms with Crippen LogP contribution in [-0.4, -0.2) is 98.7 Å². The van der Waals surface area contributed by atoms with Crippen molar-refractivity contribution in [1.29, 1.82) is 0 Å². The lowest BCUT2D eigenvalue weighted by atomic mass is 9.72. The molecule has 1 amide bonds. The van der Waals surface area contributed by atoms with Crippen LogP contribution in [-0.2, 0) is 20.9 Å². The van der Waals surface area contributed by atoms with Crippen LogP contribution in [0.4, 0.5) is 4.39 Å². The first-order valence-electron chi connectivity index (χ1n) is 13.5. The van der Waals surface area contributed by atoms with Crippen LogP contribution in [0.1, 0.15) is 38.5 Å². The highest BCUT2D eigenvalue weighted by molar-refractivity contribution is 8.00. The molecule has 0 bridgehead atoms. The number of hydrogen-bond acceptors (Lipinski definition) is 7. The number of carbonyl (C=O) groups excluding carboxylic acids is 2. The largest absolute Gasteiger partial charge is 0.378 e. The first kappa shape index (κ1) is 24.4. The maximum Gasteiger partial charge on any atom is 0.259 e. The van der Waals surface area contributed by atoms with Gasteiger partial charge in [-0.15, -0.1) is 11.8 Å². The number of Topliss-reactive ketones (excluding diaryl/α,β-unsaturated/α-hetero) is 1. The van der Waals surface area contributed by atoms with Crippen molar-refractivity contribution in [1.82, 2.24) is 24.7 Å². The smallest absolute Gasteiger partial charge is 0.259 e. The Kier molecular flexibility index (Phi) is 7.09. The molecule has 4 fully saturated rings. The van der Waals surface area contributed by atoms with E-state index in [0.717, 1.165) is 38.8 Å². The average molecular weight is 518 g/mol. The molecule has 1 aromatic rings. The fourth-order valence-corrected chi connectivity index (χ4v) is 8.96. The number of fused-ring (bicyclic) bond motifs is 2. The Morgan fingerprint density at radius 2 is 2.08 bits per heavy atom. The van der Waals surface area contributed by atoms with Gasteiger partial charge in [0, 0.05) is 60.7 Å². The maximum atomic E-state index is 15.8. The summed E-state index contributed by atoms with van der Waals surface area (Å²) in [6.07, 6.45) is 11.9. The van der Waals surface area contributed by atoms with Crippen molar-refractivity contribution in [3.05, 3.63) is 30.5 Å². The molecule has 1 N–H and O–H groups in total. The molecule has 3 aliphatic heterocycles. The van der Waals surface area contributed by atoms with Gasteiger partial charge in [-0.3, -0.25) is 9.59 Å². The van der Waals surface area contributed by atoms with E-state index in [2.05, 4.69) is 15.2 Å². The second-order valence-electron chi connectivity index (χ2n) is 10.7. The first-order valence-corrected chi connectivity index (χ1v) is 14.5. The van der Waals surface area contributed by atoms with E-state index in [-0.39, 0.29) is 41.0 Å². The van der Waals surface area contributed by atoms with Crippen LogP contribution in [0.5, 0.6) is 0 Å². The van der Waals surface area contributed by atoms with Crippen molar-refractivity contribution in [3.8, 4) is 0 Å². The van der Waals surface area contributed by atoms with Crippen LogP contribution in [0.15, 0.2) is 30.5 Å². The first-order chi connectivity index (χ1) is 17.6. The molecule has 0 radical (unpaired) electrons. The number of nitrogens with one attached hydrogen (secondary N) is 1. The van der Waals surface area contributed by atoms with Crippen LogP contribution < -0.4 is 5.32 Å². The number of rotatable bonds is 6. The van der Waals surface area contributed by atoms with Crippen LogP contribution in [0.25, 0.3) is 0 Å². The van der Waals surface area contributed by atoms with Gasteiger partial charge in [0.2, 0.25) is 0 Å². The minimum absolute atomic E-state index is 0.00779. The number of amides is 1. The third kappa shape index (κ3) is 4.49. The van der Waals surface area contributed by atoms with Gasteiger partial charge in [-0.25, -0.2) is 9.37 Å². The van der Waals surface area contributed by atoms with Crippen LogP contribution in [0.3, 0.4) is 0 Å². The molecule has 7 unspecified atom stereocenters. The van der Waals surface area contributed by atoms with E-state index in [9.17, 15) is 9.59 Å². The van der Waals surface area contributed by atoms with E-state index < -0.39 is 12.1 Å². The van der Waals surface area contributed by atoms with Crippen LogP contribution in [0.2, 0.25) is 0 Å². The molecular formula is C26H36FN5O3S. The predicted octanol–water partition coefficient (Wildman–Crippen LogP) is 2.01. The predicted molar refractivity (Wildman–Crippen MR) is 135 cm³/mol. The summed E-state index contributed by atoms with van der Waals surface area (Å²) < 4.78 is 23.2. The molecule has 6 rings (SSSR count). The van der Waals surface area contributed by atoms with E-state index in [1.807, 2.05) is 28.7 Å². The number of aryl methyl sites for hydroxylation is 1. The number of halogens is 1. The summed E-state index contributed by atoms with van der Waals surface area (Å²) >= 11 is 1.91. The highest BCUT2D eigenvalue weighted by Crippen LogP contribution is 2.51. The minimum atomic E-state index is -1.11. The minimum Gasteiger partial charge on any atom is -0.378 e. The Labute approximate surface area is 216 Å². The Morgan fingerprint density at radius 1 is 1.25 bits per heavy atom. The zero-order chi connectivity index (χ0) is 24.6. The summed E-state index contributed by atoms with van der Waals surface area (Å²) in [5.41, 5.74) is 0.257. The number of thioether (sulfide) groups is 1. The summed E-state index contributed by atoms with van der Waals surface area (Å²) in [4.78, 5) is 35.3. The number of nitrogens with zero attached hydrogens (tertiary/aromatic N) is 4. The number of aromatic nitrogens is 2. The highest BCUT2D eigenvalue weighted by atomic mass is 32.2. The number of ketones is 1. The lowest BCUT2D eigenvalue weighted by Gasteiger charge is -2.59. The molecule has 2 aliphatic carbocycles. The van der Waals surface area contributed by atoms with Crippen molar-refractivity contribution in [3.63, 3.8) is 0 Å². The summed E-state index contributed by atoms with van der Waals surface area (Å²) in [7, 11) is 0. The Morgan fingerprint density at radius 3 is 2.89 bits per heavy atom. The van der Waals surface area contributed by atoms with Crippen molar-refractivity contribution in [2.75, 3.05) is 32.8 Å². The van der Waals surface area contributed by atoms with Gasteiger partial charge < -0.3 is 24.4 Å². The lowest BCUT2D eigenvalue weighted by Crippen LogP contribution is -2.70. The number of hydrogen-bond donors (Lipinski definition) is 1. The summed E-state index contributed by atoms with van der Waals surface area (Å²) in [6.45, 7) is 3.54. The van der Waals surface area contributed by atoms with E-state index >= 15 is 4.39 Å². The second kappa shape index (κ2) is 10.5. The van der Waals surface area contributed by atoms with Gasteiger partial charge in [0.15, 0.2) is 5.78 Å². The molecule has 2 saturated carbocycles. The van der Waals surface area contributed by atoms with Crippen LogP contribution >= 0.6 is 11.8 Å². The van der Waals surface area contributed by atoms with Gasteiger partial charge in [0.05, 0.1) is 37.2 Å². The van der Waals surface area contributed by atoms with Gasteiger partial charge >= 0.3 is 0 Å². The molecule has 2 saturated heterocycles. The third-order valence-corrected chi connectivity index (χ3v) is 10.4. The summed E-state index contributed by atoms with van der Waals surface area (Å²) in [5, 5.41) is 3.94. The van der Waals surface area contributed by atoms with Crippen LogP contribution in [0, 0.1) is 5.92 Å². The number of carbonyl (C=O) groups is 2. The molecule has 36 heavy (non-hydrogen) atoms.